The minimum Gasteiger partial charge on any atom is -0.394 e. The summed E-state index contributed by atoms with van der Waals surface area (Å²) in [4.78, 5) is 16.7. The number of nitrogens with one attached hydrogen (secondary N) is 2. The number of nitrogens with zero attached hydrogens (tertiary/aromatic N) is 5. The Balaban J connectivity index is 2.28. The van der Waals surface area contributed by atoms with Gasteiger partial charge in [0.2, 0.25) is 17.8 Å². The van der Waals surface area contributed by atoms with Crippen LogP contribution in [0.4, 0.5) is 11.9 Å². The number of rotatable bonds is 8. The van der Waals surface area contributed by atoms with Crippen LogP contribution in [0.2, 0.25) is 0 Å². The predicted octanol–water partition coefficient (Wildman–Crippen LogP) is -0.356. The molecular weight excluding hydrogens is 274 g/mol. The van der Waals surface area contributed by atoms with Gasteiger partial charge in [-0.25, -0.2) is 4.98 Å². The lowest BCUT2D eigenvalue weighted by Gasteiger charge is -2.14. The second-order valence-electron chi connectivity index (χ2n) is 4.39. The number of imidazole rings is 1. The number of anilines is 2. The van der Waals surface area contributed by atoms with Crippen molar-refractivity contribution in [2.45, 2.75) is 19.4 Å². The molecule has 0 radical (unpaired) electrons. The second-order valence-corrected chi connectivity index (χ2v) is 4.39. The third kappa shape index (κ3) is 4.10. The first-order valence-corrected chi connectivity index (χ1v) is 6.73. The van der Waals surface area contributed by atoms with E-state index in [9.17, 15) is 0 Å². The van der Waals surface area contributed by atoms with Crippen LogP contribution >= 0.6 is 0 Å². The molecule has 0 atom stereocenters. The van der Waals surface area contributed by atoms with E-state index in [-0.39, 0.29) is 19.2 Å². The highest BCUT2D eigenvalue weighted by atomic mass is 16.3. The Morgan fingerprint density at radius 2 is 1.95 bits per heavy atom. The van der Waals surface area contributed by atoms with Gasteiger partial charge in [0, 0.05) is 18.9 Å². The van der Waals surface area contributed by atoms with Gasteiger partial charge >= 0.3 is 0 Å². The molecule has 0 saturated heterocycles. The van der Waals surface area contributed by atoms with E-state index in [1.54, 1.807) is 23.3 Å². The van der Waals surface area contributed by atoms with E-state index >= 15 is 0 Å². The van der Waals surface area contributed by atoms with Crippen molar-refractivity contribution in [2.24, 2.45) is 0 Å². The highest BCUT2D eigenvalue weighted by Gasteiger charge is 2.11. The van der Waals surface area contributed by atoms with E-state index in [0.717, 1.165) is 13.0 Å². The van der Waals surface area contributed by atoms with Crippen molar-refractivity contribution in [3.05, 3.63) is 18.7 Å². The standard InChI is InChI=1S/C12H19N7O2/c1-2-3-14-10-16-11(15-9(6-20)7-21)18-12(17-10)19-5-4-13-8-19/h4-5,8-9,20-21H,2-3,6-7H2,1H3,(H2,14,15,16,17,18). The quantitative estimate of drug-likeness (QED) is 0.521. The molecule has 0 fully saturated rings. The molecule has 0 aliphatic heterocycles. The molecule has 2 aromatic rings. The van der Waals surface area contributed by atoms with Gasteiger partial charge < -0.3 is 20.8 Å². The molecular formula is C12H19N7O2. The summed E-state index contributed by atoms with van der Waals surface area (Å²) in [6, 6.07) is -0.526. The van der Waals surface area contributed by atoms with Gasteiger partial charge in [-0.1, -0.05) is 6.92 Å². The zero-order valence-corrected chi connectivity index (χ0v) is 11.8. The highest BCUT2D eigenvalue weighted by Crippen LogP contribution is 2.10. The lowest BCUT2D eigenvalue weighted by atomic mass is 10.3. The maximum Gasteiger partial charge on any atom is 0.241 e. The van der Waals surface area contributed by atoms with Gasteiger partial charge in [0.05, 0.1) is 19.3 Å². The zero-order valence-electron chi connectivity index (χ0n) is 11.8. The minimum atomic E-state index is -0.526. The van der Waals surface area contributed by atoms with Crippen LogP contribution in [0.5, 0.6) is 0 Å². The van der Waals surface area contributed by atoms with Gasteiger partial charge in [0.15, 0.2) is 0 Å². The number of hydrogen-bond donors (Lipinski definition) is 4. The molecule has 0 bridgehead atoms. The third-order valence-electron chi connectivity index (χ3n) is 2.67. The lowest BCUT2D eigenvalue weighted by molar-refractivity contribution is 0.203. The smallest absolute Gasteiger partial charge is 0.241 e. The van der Waals surface area contributed by atoms with E-state index in [0.29, 0.717) is 11.9 Å². The Morgan fingerprint density at radius 3 is 2.57 bits per heavy atom. The predicted molar refractivity (Wildman–Crippen MR) is 77.3 cm³/mol. The molecule has 0 aromatic carbocycles. The van der Waals surface area contributed by atoms with Gasteiger partial charge in [-0.15, -0.1) is 0 Å². The van der Waals surface area contributed by atoms with Crippen LogP contribution in [0.3, 0.4) is 0 Å². The zero-order chi connectivity index (χ0) is 15.1. The Bertz CT molecular complexity index is 543. The summed E-state index contributed by atoms with van der Waals surface area (Å²) in [5, 5.41) is 24.2. The fraction of sp³-hybridized carbons (Fsp3) is 0.500. The number of aromatic nitrogens is 5. The van der Waals surface area contributed by atoms with Crippen molar-refractivity contribution in [1.29, 1.82) is 0 Å². The third-order valence-corrected chi connectivity index (χ3v) is 2.67. The summed E-state index contributed by atoms with van der Waals surface area (Å²) in [6.45, 7) is 2.33. The molecule has 0 unspecified atom stereocenters. The fourth-order valence-electron chi connectivity index (χ4n) is 1.57. The topological polar surface area (TPSA) is 121 Å². The average Bonchev–Trinajstić information content (AvgIpc) is 3.05. The van der Waals surface area contributed by atoms with Crippen molar-refractivity contribution >= 4 is 11.9 Å². The van der Waals surface area contributed by atoms with Crippen LogP contribution in [0, 0.1) is 0 Å². The molecule has 9 nitrogen and oxygen atoms in total. The van der Waals surface area contributed by atoms with Gasteiger partial charge in [-0.3, -0.25) is 4.57 Å². The maximum absolute atomic E-state index is 9.13. The van der Waals surface area contributed by atoms with Crippen molar-refractivity contribution in [3.63, 3.8) is 0 Å². The van der Waals surface area contributed by atoms with Crippen LogP contribution < -0.4 is 10.6 Å². The van der Waals surface area contributed by atoms with E-state index in [1.165, 1.54) is 0 Å². The van der Waals surface area contributed by atoms with Crippen molar-refractivity contribution in [3.8, 4) is 5.95 Å². The Hall–Kier alpha value is -2.26. The number of aliphatic hydroxyl groups is 2. The molecule has 4 N–H and O–H groups in total. The largest absolute Gasteiger partial charge is 0.394 e. The first-order valence-electron chi connectivity index (χ1n) is 6.73. The molecule has 2 heterocycles. The minimum absolute atomic E-state index is 0.222. The Kier molecular flexibility index (Phi) is 5.41. The van der Waals surface area contributed by atoms with Crippen molar-refractivity contribution in [2.75, 3.05) is 30.4 Å². The number of aliphatic hydroxyl groups excluding tert-OH is 2. The summed E-state index contributed by atoms with van der Waals surface area (Å²) >= 11 is 0. The van der Waals surface area contributed by atoms with E-state index in [2.05, 4.69) is 30.6 Å². The molecule has 0 spiro atoms. The first-order chi connectivity index (χ1) is 10.3. The van der Waals surface area contributed by atoms with Crippen LogP contribution in [-0.4, -0.2) is 60.5 Å². The summed E-state index contributed by atoms with van der Waals surface area (Å²) in [5.74, 6) is 1.10. The normalized spacial score (nSPS) is 10.9. The summed E-state index contributed by atoms with van der Waals surface area (Å²) in [6.07, 6.45) is 5.86. The second kappa shape index (κ2) is 7.50. The summed E-state index contributed by atoms with van der Waals surface area (Å²) in [7, 11) is 0. The van der Waals surface area contributed by atoms with Gasteiger partial charge in [-0.05, 0) is 6.42 Å². The average molecular weight is 293 g/mol. The van der Waals surface area contributed by atoms with Crippen LogP contribution in [0.25, 0.3) is 5.95 Å². The molecule has 0 amide bonds. The van der Waals surface area contributed by atoms with Gasteiger partial charge in [-0.2, -0.15) is 15.0 Å². The monoisotopic (exact) mass is 293 g/mol. The SMILES string of the molecule is CCCNc1nc(NC(CO)CO)nc(-n2ccnc2)n1. The van der Waals surface area contributed by atoms with E-state index in [4.69, 9.17) is 10.2 Å². The van der Waals surface area contributed by atoms with Crippen molar-refractivity contribution < 1.29 is 10.2 Å². The van der Waals surface area contributed by atoms with Gasteiger partial charge in [0.25, 0.3) is 0 Å². The summed E-state index contributed by atoms with van der Waals surface area (Å²) in [5.41, 5.74) is 0. The fourth-order valence-corrected chi connectivity index (χ4v) is 1.57. The maximum atomic E-state index is 9.13. The first kappa shape index (κ1) is 15.1. The molecule has 0 saturated carbocycles. The lowest BCUT2D eigenvalue weighted by Crippen LogP contribution is -2.29. The Labute approximate surface area is 122 Å². The molecule has 2 aromatic heterocycles. The molecule has 9 heteroatoms. The van der Waals surface area contributed by atoms with Crippen LogP contribution in [-0.2, 0) is 0 Å². The number of hydrogen-bond acceptors (Lipinski definition) is 8. The van der Waals surface area contributed by atoms with Crippen LogP contribution in [0.1, 0.15) is 13.3 Å². The van der Waals surface area contributed by atoms with Gasteiger partial charge in [0.1, 0.15) is 6.33 Å². The molecule has 0 aliphatic carbocycles. The van der Waals surface area contributed by atoms with E-state index < -0.39 is 6.04 Å². The molecule has 0 aliphatic rings. The highest BCUT2D eigenvalue weighted by molar-refractivity contribution is 5.38. The molecule has 21 heavy (non-hydrogen) atoms. The Morgan fingerprint density at radius 1 is 1.19 bits per heavy atom. The van der Waals surface area contributed by atoms with Crippen molar-refractivity contribution in [1.82, 2.24) is 24.5 Å². The van der Waals surface area contributed by atoms with E-state index in [1.807, 2.05) is 6.92 Å². The van der Waals surface area contributed by atoms with Crippen LogP contribution in [0.15, 0.2) is 18.7 Å². The molecule has 114 valence electrons. The summed E-state index contributed by atoms with van der Waals surface area (Å²) < 4.78 is 1.65. The molecule has 2 rings (SSSR count).